The second-order valence-corrected chi connectivity index (χ2v) is 11.1. The van der Waals surface area contributed by atoms with E-state index in [-0.39, 0.29) is 5.41 Å². The van der Waals surface area contributed by atoms with Crippen molar-refractivity contribution >= 4 is 33.4 Å². The van der Waals surface area contributed by atoms with Crippen molar-refractivity contribution in [1.82, 2.24) is 35.0 Å². The number of benzene rings is 1. The van der Waals surface area contributed by atoms with Crippen LogP contribution in [0, 0.1) is 5.41 Å². The third-order valence-electron chi connectivity index (χ3n) is 7.24. The number of rotatable bonds is 5. The average Bonchev–Trinajstić information content (AvgIpc) is 3.52. The number of piperazine rings is 1. The highest BCUT2D eigenvalue weighted by molar-refractivity contribution is 5.97. The summed E-state index contributed by atoms with van der Waals surface area (Å²) in [4.78, 5) is 22.3. The molecule has 0 radical (unpaired) electrons. The molecule has 194 valence electrons. The molecule has 0 aliphatic carbocycles. The highest BCUT2D eigenvalue weighted by Crippen LogP contribution is 2.33. The lowest BCUT2D eigenvalue weighted by Crippen LogP contribution is -2.44. The molecule has 38 heavy (non-hydrogen) atoms. The van der Waals surface area contributed by atoms with Gasteiger partial charge in [-0.25, -0.2) is 9.97 Å². The monoisotopic (exact) mass is 507 g/mol. The maximum absolute atomic E-state index is 4.98. The van der Waals surface area contributed by atoms with E-state index in [4.69, 9.17) is 4.98 Å². The Kier molecular flexibility index (Phi) is 5.87. The lowest BCUT2D eigenvalue weighted by atomic mass is 9.93. The van der Waals surface area contributed by atoms with Gasteiger partial charge in [-0.3, -0.25) is 10.1 Å². The maximum atomic E-state index is 4.98. The summed E-state index contributed by atoms with van der Waals surface area (Å²) in [6.45, 7) is 14.5. The second-order valence-electron chi connectivity index (χ2n) is 11.1. The summed E-state index contributed by atoms with van der Waals surface area (Å²) in [7, 11) is 2.15. The fourth-order valence-corrected chi connectivity index (χ4v) is 4.69. The van der Waals surface area contributed by atoms with Gasteiger partial charge in [-0.1, -0.05) is 33.4 Å². The Hall–Kier alpha value is -4.24. The SMILES string of the molecule is C=C(Nc1cncc(-c2ccc3[nH]nc(-c4nc5c(N6CCN(C)CC6)nccc5[nH]4)c3c2)c1)C(C)(C)C. The Morgan fingerprint density at radius 1 is 1.00 bits per heavy atom. The number of aromatic nitrogens is 6. The number of H-pyrrole nitrogens is 2. The molecule has 9 nitrogen and oxygen atoms in total. The van der Waals surface area contributed by atoms with Crippen LogP contribution in [0.1, 0.15) is 20.8 Å². The number of likely N-dealkylation sites (N-methyl/N-ethyl adjacent to an activating group) is 1. The fourth-order valence-electron chi connectivity index (χ4n) is 4.69. The number of nitrogens with one attached hydrogen (secondary N) is 3. The molecule has 1 aromatic carbocycles. The van der Waals surface area contributed by atoms with Crippen LogP contribution >= 0.6 is 0 Å². The Labute approximate surface area is 222 Å². The van der Waals surface area contributed by atoms with Gasteiger partial charge in [0.2, 0.25) is 0 Å². The zero-order valence-electron chi connectivity index (χ0n) is 22.3. The minimum Gasteiger partial charge on any atom is -0.358 e. The van der Waals surface area contributed by atoms with E-state index in [1.807, 2.05) is 24.7 Å². The minimum absolute atomic E-state index is 0.0487. The van der Waals surface area contributed by atoms with Crippen molar-refractivity contribution in [3.63, 3.8) is 0 Å². The van der Waals surface area contributed by atoms with Crippen molar-refractivity contribution in [3.05, 3.63) is 61.2 Å². The van der Waals surface area contributed by atoms with E-state index in [0.717, 1.165) is 88.0 Å². The Balaban J connectivity index is 1.35. The summed E-state index contributed by atoms with van der Waals surface area (Å²) < 4.78 is 0. The Morgan fingerprint density at radius 2 is 1.82 bits per heavy atom. The van der Waals surface area contributed by atoms with Crippen LogP contribution in [0.25, 0.3) is 44.6 Å². The van der Waals surface area contributed by atoms with Crippen molar-refractivity contribution in [3.8, 4) is 22.6 Å². The molecule has 0 bridgehead atoms. The molecule has 1 saturated heterocycles. The van der Waals surface area contributed by atoms with Gasteiger partial charge < -0.3 is 20.1 Å². The summed E-state index contributed by atoms with van der Waals surface area (Å²) in [5.74, 6) is 1.65. The van der Waals surface area contributed by atoms with Gasteiger partial charge >= 0.3 is 0 Å². The largest absolute Gasteiger partial charge is 0.358 e. The molecular formula is C29H33N9. The number of anilines is 2. The number of allylic oxidation sites excluding steroid dienone is 1. The van der Waals surface area contributed by atoms with E-state index in [9.17, 15) is 0 Å². The molecule has 0 spiro atoms. The molecule has 0 atom stereocenters. The molecule has 5 aromatic rings. The number of imidazole rings is 1. The van der Waals surface area contributed by atoms with Gasteiger partial charge in [0.05, 0.1) is 22.9 Å². The van der Waals surface area contributed by atoms with E-state index >= 15 is 0 Å². The number of hydrogen-bond acceptors (Lipinski definition) is 7. The number of fused-ring (bicyclic) bond motifs is 2. The second kappa shape index (κ2) is 9.25. The summed E-state index contributed by atoms with van der Waals surface area (Å²) in [5, 5.41) is 12.2. The van der Waals surface area contributed by atoms with Crippen molar-refractivity contribution in [2.45, 2.75) is 20.8 Å². The molecule has 9 heteroatoms. The van der Waals surface area contributed by atoms with Gasteiger partial charge in [0.25, 0.3) is 0 Å². The number of hydrogen-bond donors (Lipinski definition) is 3. The third kappa shape index (κ3) is 4.50. The molecule has 5 heterocycles. The lowest BCUT2D eigenvalue weighted by molar-refractivity contribution is 0.312. The standard InChI is InChI=1S/C29H33N9/c1-18(29(2,3)4)32-21-14-20(16-30-17-21)19-6-7-23-22(15-19)25(36-35-23)27-33-24-8-9-31-28(26(24)34-27)38-12-10-37(5)11-13-38/h6-9,14-17,32H,1,10-13H2,2-5H3,(H,33,34)(H,35,36). The predicted molar refractivity (Wildman–Crippen MR) is 154 cm³/mol. The van der Waals surface area contributed by atoms with E-state index in [2.05, 4.69) is 98.9 Å². The summed E-state index contributed by atoms with van der Waals surface area (Å²) >= 11 is 0. The van der Waals surface area contributed by atoms with Gasteiger partial charge in [0.1, 0.15) is 11.2 Å². The average molecular weight is 508 g/mol. The van der Waals surface area contributed by atoms with Gasteiger partial charge in [0.15, 0.2) is 11.6 Å². The molecule has 1 aliphatic heterocycles. The van der Waals surface area contributed by atoms with Crippen molar-refractivity contribution in [1.29, 1.82) is 0 Å². The first-order valence-corrected chi connectivity index (χ1v) is 12.9. The molecule has 0 unspecified atom stereocenters. The molecule has 3 N–H and O–H groups in total. The maximum Gasteiger partial charge on any atom is 0.159 e. The quantitative estimate of drug-likeness (QED) is 0.297. The molecule has 1 fully saturated rings. The minimum atomic E-state index is -0.0487. The summed E-state index contributed by atoms with van der Waals surface area (Å²) in [5.41, 5.74) is 7.43. The van der Waals surface area contributed by atoms with Gasteiger partial charge in [-0.2, -0.15) is 5.10 Å². The highest BCUT2D eigenvalue weighted by Gasteiger charge is 2.21. The van der Waals surface area contributed by atoms with Crippen LogP contribution in [0.3, 0.4) is 0 Å². The molecule has 0 amide bonds. The van der Waals surface area contributed by atoms with Crippen LogP contribution in [-0.2, 0) is 0 Å². The van der Waals surface area contributed by atoms with Crippen LogP contribution in [0.15, 0.2) is 61.2 Å². The van der Waals surface area contributed by atoms with E-state index in [1.165, 1.54) is 0 Å². The molecular weight excluding hydrogens is 474 g/mol. The zero-order chi connectivity index (χ0) is 26.4. The zero-order valence-corrected chi connectivity index (χ0v) is 22.3. The van der Waals surface area contributed by atoms with Gasteiger partial charge in [-0.15, -0.1) is 0 Å². The molecule has 4 aromatic heterocycles. The van der Waals surface area contributed by atoms with Crippen LogP contribution in [0.4, 0.5) is 11.5 Å². The van der Waals surface area contributed by atoms with Gasteiger partial charge in [-0.05, 0) is 36.9 Å². The van der Waals surface area contributed by atoms with Crippen LogP contribution in [0.2, 0.25) is 0 Å². The van der Waals surface area contributed by atoms with Crippen molar-refractivity contribution < 1.29 is 0 Å². The van der Waals surface area contributed by atoms with Gasteiger partial charge in [0, 0.05) is 60.6 Å². The number of aromatic amines is 2. The smallest absolute Gasteiger partial charge is 0.159 e. The fraction of sp³-hybridized carbons (Fsp3) is 0.310. The van der Waals surface area contributed by atoms with E-state index in [0.29, 0.717) is 0 Å². The highest BCUT2D eigenvalue weighted by atomic mass is 15.3. The first-order chi connectivity index (χ1) is 18.3. The first kappa shape index (κ1) is 24.1. The van der Waals surface area contributed by atoms with Crippen LogP contribution in [0.5, 0.6) is 0 Å². The van der Waals surface area contributed by atoms with Crippen LogP contribution < -0.4 is 10.2 Å². The van der Waals surface area contributed by atoms with E-state index < -0.39 is 0 Å². The third-order valence-corrected chi connectivity index (χ3v) is 7.24. The summed E-state index contributed by atoms with van der Waals surface area (Å²) in [6.07, 6.45) is 5.55. The predicted octanol–water partition coefficient (Wildman–Crippen LogP) is 5.29. The Morgan fingerprint density at radius 3 is 2.61 bits per heavy atom. The Bertz CT molecular complexity index is 1630. The molecule has 0 saturated carbocycles. The van der Waals surface area contributed by atoms with Crippen molar-refractivity contribution in [2.24, 2.45) is 5.41 Å². The van der Waals surface area contributed by atoms with Crippen molar-refractivity contribution in [2.75, 3.05) is 43.4 Å². The normalized spacial score (nSPS) is 14.9. The topological polar surface area (TPSA) is 102 Å². The number of nitrogens with zero attached hydrogens (tertiary/aromatic N) is 6. The van der Waals surface area contributed by atoms with Crippen LogP contribution in [-0.4, -0.2) is 68.3 Å². The molecule has 1 aliphatic rings. The first-order valence-electron chi connectivity index (χ1n) is 12.9. The summed E-state index contributed by atoms with van der Waals surface area (Å²) in [6, 6.07) is 10.3. The lowest BCUT2D eigenvalue weighted by Gasteiger charge is -2.33. The van der Waals surface area contributed by atoms with E-state index in [1.54, 1.807) is 0 Å². The molecule has 6 rings (SSSR count). The number of pyridine rings is 2.